The predicted molar refractivity (Wildman–Crippen MR) is 70.4 cm³/mol. The van der Waals surface area contributed by atoms with Crippen LogP contribution in [-0.4, -0.2) is 12.9 Å². The van der Waals surface area contributed by atoms with Crippen molar-refractivity contribution in [3.05, 3.63) is 24.3 Å². The SMILES string of the molecule is CCCCCCCNc1ccccc1OC(F)(F)F. The smallest absolute Gasteiger partial charge is 0.404 e. The van der Waals surface area contributed by atoms with Crippen LogP contribution >= 0.6 is 0 Å². The largest absolute Gasteiger partial charge is 0.573 e. The first-order valence-electron chi connectivity index (χ1n) is 6.61. The van der Waals surface area contributed by atoms with E-state index in [9.17, 15) is 13.2 Å². The van der Waals surface area contributed by atoms with E-state index in [1.54, 1.807) is 12.1 Å². The van der Waals surface area contributed by atoms with Crippen molar-refractivity contribution in [1.82, 2.24) is 0 Å². The van der Waals surface area contributed by atoms with Crippen LogP contribution in [0.5, 0.6) is 5.75 Å². The number of alkyl halides is 3. The minimum atomic E-state index is -4.65. The first kappa shape index (κ1) is 15.7. The van der Waals surface area contributed by atoms with E-state index in [0.29, 0.717) is 12.2 Å². The molecule has 0 fully saturated rings. The summed E-state index contributed by atoms with van der Waals surface area (Å²) in [5.74, 6) is -0.177. The third-order valence-corrected chi connectivity index (χ3v) is 2.71. The highest BCUT2D eigenvalue weighted by Gasteiger charge is 2.31. The van der Waals surface area contributed by atoms with Crippen LogP contribution in [-0.2, 0) is 0 Å². The maximum absolute atomic E-state index is 12.2. The molecule has 1 aromatic rings. The van der Waals surface area contributed by atoms with Crippen LogP contribution in [0.4, 0.5) is 18.9 Å². The van der Waals surface area contributed by atoms with Gasteiger partial charge < -0.3 is 10.1 Å². The molecule has 1 rings (SSSR count). The molecule has 1 N–H and O–H groups in total. The molecule has 0 amide bonds. The summed E-state index contributed by atoms with van der Waals surface area (Å²) in [7, 11) is 0. The van der Waals surface area contributed by atoms with Crippen LogP contribution in [0.3, 0.4) is 0 Å². The maximum Gasteiger partial charge on any atom is 0.573 e. The highest BCUT2D eigenvalue weighted by atomic mass is 19.4. The topological polar surface area (TPSA) is 21.3 Å². The first-order valence-corrected chi connectivity index (χ1v) is 6.61. The number of hydrogen-bond acceptors (Lipinski definition) is 2. The Morgan fingerprint density at radius 2 is 1.74 bits per heavy atom. The number of hydrogen-bond donors (Lipinski definition) is 1. The fourth-order valence-electron chi connectivity index (χ4n) is 1.78. The normalized spacial score (nSPS) is 11.4. The van der Waals surface area contributed by atoms with Gasteiger partial charge in [-0.2, -0.15) is 0 Å². The number of benzene rings is 1. The van der Waals surface area contributed by atoms with Crippen molar-refractivity contribution in [3.63, 3.8) is 0 Å². The summed E-state index contributed by atoms with van der Waals surface area (Å²) < 4.78 is 40.6. The number of ether oxygens (including phenoxy) is 1. The van der Waals surface area contributed by atoms with E-state index >= 15 is 0 Å². The van der Waals surface area contributed by atoms with Crippen molar-refractivity contribution in [2.45, 2.75) is 45.4 Å². The summed E-state index contributed by atoms with van der Waals surface area (Å²) in [5.41, 5.74) is 0.385. The third kappa shape index (κ3) is 6.94. The van der Waals surface area contributed by atoms with Gasteiger partial charge in [0.2, 0.25) is 0 Å². The molecule has 0 aliphatic carbocycles. The van der Waals surface area contributed by atoms with E-state index in [1.165, 1.54) is 31.4 Å². The van der Waals surface area contributed by atoms with Crippen molar-refractivity contribution in [2.24, 2.45) is 0 Å². The first-order chi connectivity index (χ1) is 9.03. The minimum Gasteiger partial charge on any atom is -0.404 e. The summed E-state index contributed by atoms with van der Waals surface area (Å²) in [4.78, 5) is 0. The van der Waals surface area contributed by atoms with E-state index in [2.05, 4.69) is 17.0 Å². The summed E-state index contributed by atoms with van der Waals surface area (Å²) in [6.45, 7) is 2.80. The molecule has 0 spiro atoms. The Kier molecular flexibility index (Phi) is 6.53. The van der Waals surface area contributed by atoms with Crippen molar-refractivity contribution < 1.29 is 17.9 Å². The molecule has 0 bridgehead atoms. The van der Waals surface area contributed by atoms with E-state index in [0.717, 1.165) is 12.8 Å². The van der Waals surface area contributed by atoms with Crippen LogP contribution in [0.2, 0.25) is 0 Å². The Morgan fingerprint density at radius 1 is 1.05 bits per heavy atom. The van der Waals surface area contributed by atoms with Crippen LogP contribution < -0.4 is 10.1 Å². The molecule has 0 atom stereocenters. The quantitative estimate of drug-likeness (QED) is 0.676. The number of nitrogens with one attached hydrogen (secondary N) is 1. The average Bonchev–Trinajstić information content (AvgIpc) is 2.33. The van der Waals surface area contributed by atoms with Crippen LogP contribution in [0.1, 0.15) is 39.0 Å². The van der Waals surface area contributed by atoms with Gasteiger partial charge >= 0.3 is 6.36 Å². The molecule has 19 heavy (non-hydrogen) atoms. The molecule has 0 saturated heterocycles. The van der Waals surface area contributed by atoms with Gasteiger partial charge in [-0.15, -0.1) is 13.2 Å². The molecule has 0 radical (unpaired) electrons. The minimum absolute atomic E-state index is 0.177. The Hall–Kier alpha value is -1.39. The molecule has 108 valence electrons. The van der Waals surface area contributed by atoms with Crippen molar-refractivity contribution in [2.75, 3.05) is 11.9 Å². The lowest BCUT2D eigenvalue weighted by Gasteiger charge is -2.14. The van der Waals surface area contributed by atoms with Gasteiger partial charge in [-0.3, -0.25) is 0 Å². The lowest BCUT2D eigenvalue weighted by atomic mass is 10.1. The Bertz CT molecular complexity index is 366. The fourth-order valence-corrected chi connectivity index (χ4v) is 1.78. The maximum atomic E-state index is 12.2. The zero-order chi connectivity index (χ0) is 14.1. The van der Waals surface area contributed by atoms with E-state index in [-0.39, 0.29) is 5.75 Å². The van der Waals surface area contributed by atoms with Crippen molar-refractivity contribution in [1.29, 1.82) is 0 Å². The molecule has 2 nitrogen and oxygen atoms in total. The van der Waals surface area contributed by atoms with Gasteiger partial charge in [-0.25, -0.2) is 0 Å². The van der Waals surface area contributed by atoms with E-state index in [1.807, 2.05) is 0 Å². The molecular weight excluding hydrogens is 255 g/mol. The van der Waals surface area contributed by atoms with Gasteiger partial charge in [0, 0.05) is 6.54 Å². The number of para-hydroxylation sites is 2. The highest BCUT2D eigenvalue weighted by molar-refractivity contribution is 5.56. The summed E-state index contributed by atoms with van der Waals surface area (Å²) in [6.07, 6.45) is 0.921. The summed E-state index contributed by atoms with van der Waals surface area (Å²) in [5, 5.41) is 2.99. The highest BCUT2D eigenvalue weighted by Crippen LogP contribution is 2.29. The average molecular weight is 275 g/mol. The molecule has 0 unspecified atom stereocenters. The zero-order valence-electron chi connectivity index (χ0n) is 11.1. The van der Waals surface area contributed by atoms with Gasteiger partial charge in [-0.05, 0) is 18.6 Å². The second-order valence-electron chi connectivity index (χ2n) is 4.38. The second-order valence-corrected chi connectivity index (χ2v) is 4.38. The fraction of sp³-hybridized carbons (Fsp3) is 0.571. The van der Waals surface area contributed by atoms with Crippen LogP contribution in [0.15, 0.2) is 24.3 Å². The molecule has 0 aliphatic heterocycles. The number of unbranched alkanes of at least 4 members (excludes halogenated alkanes) is 4. The van der Waals surface area contributed by atoms with Gasteiger partial charge in [0.25, 0.3) is 0 Å². The second kappa shape index (κ2) is 7.92. The lowest BCUT2D eigenvalue weighted by Crippen LogP contribution is -2.18. The molecular formula is C14H20F3NO. The Morgan fingerprint density at radius 3 is 2.42 bits per heavy atom. The summed E-state index contributed by atoms with van der Waals surface area (Å²) >= 11 is 0. The standard InChI is InChI=1S/C14H20F3NO/c1-2-3-4-5-8-11-18-12-9-6-7-10-13(12)19-14(15,16)17/h6-7,9-10,18H,2-5,8,11H2,1H3. The predicted octanol–water partition coefficient (Wildman–Crippen LogP) is 4.97. The van der Waals surface area contributed by atoms with Gasteiger partial charge in [-0.1, -0.05) is 44.7 Å². The third-order valence-electron chi connectivity index (χ3n) is 2.71. The zero-order valence-corrected chi connectivity index (χ0v) is 11.1. The molecule has 0 aliphatic rings. The Labute approximate surface area is 112 Å². The number of rotatable bonds is 8. The molecule has 1 aromatic carbocycles. The van der Waals surface area contributed by atoms with Crippen molar-refractivity contribution >= 4 is 5.69 Å². The number of halogens is 3. The molecule has 0 aromatic heterocycles. The Balaban J connectivity index is 2.40. The van der Waals surface area contributed by atoms with Gasteiger partial charge in [0.05, 0.1) is 5.69 Å². The lowest BCUT2D eigenvalue weighted by molar-refractivity contribution is -0.274. The molecule has 5 heteroatoms. The van der Waals surface area contributed by atoms with E-state index < -0.39 is 6.36 Å². The molecule has 0 saturated carbocycles. The van der Waals surface area contributed by atoms with Gasteiger partial charge in [0.15, 0.2) is 5.75 Å². The van der Waals surface area contributed by atoms with Crippen molar-refractivity contribution in [3.8, 4) is 5.75 Å². The van der Waals surface area contributed by atoms with Crippen LogP contribution in [0.25, 0.3) is 0 Å². The number of anilines is 1. The van der Waals surface area contributed by atoms with Gasteiger partial charge in [0.1, 0.15) is 0 Å². The van der Waals surface area contributed by atoms with Crippen LogP contribution in [0, 0.1) is 0 Å². The molecule has 0 heterocycles. The van der Waals surface area contributed by atoms with E-state index in [4.69, 9.17) is 0 Å². The monoisotopic (exact) mass is 275 g/mol. The summed E-state index contributed by atoms with van der Waals surface area (Å²) in [6, 6.07) is 6.11.